The van der Waals surface area contributed by atoms with E-state index in [2.05, 4.69) is 28.2 Å². The Morgan fingerprint density at radius 2 is 1.82 bits per heavy atom. The summed E-state index contributed by atoms with van der Waals surface area (Å²) < 4.78 is 12.2. The molecule has 4 nitrogen and oxygen atoms in total. The van der Waals surface area contributed by atoms with Crippen molar-refractivity contribution < 1.29 is 14.3 Å². The molecule has 2 rings (SSSR count). The van der Waals surface area contributed by atoms with Gasteiger partial charge in [-0.25, -0.2) is 0 Å². The number of ether oxygens (including phenoxy) is 2. The van der Waals surface area contributed by atoms with Crippen molar-refractivity contribution in [2.75, 3.05) is 11.9 Å². The summed E-state index contributed by atoms with van der Waals surface area (Å²) in [5, 5.41) is 3.45. The van der Waals surface area contributed by atoms with Gasteiger partial charge in [0, 0.05) is 10.7 Å². The van der Waals surface area contributed by atoms with Gasteiger partial charge >= 0.3 is 0 Å². The molecule has 1 atom stereocenters. The van der Waals surface area contributed by atoms with Gasteiger partial charge in [-0.3, -0.25) is 4.79 Å². The van der Waals surface area contributed by atoms with Crippen LogP contribution >= 0.6 is 27.5 Å². The first-order chi connectivity index (χ1) is 13.5. The van der Waals surface area contributed by atoms with Crippen LogP contribution in [0.2, 0.25) is 5.02 Å². The molecular formula is C22H27BrClNO3. The highest BCUT2D eigenvalue weighted by Gasteiger charge is 2.16. The van der Waals surface area contributed by atoms with Crippen LogP contribution in [0.1, 0.15) is 46.0 Å². The van der Waals surface area contributed by atoms with Gasteiger partial charge in [0.15, 0.2) is 6.10 Å². The Labute approximate surface area is 180 Å². The lowest BCUT2D eigenvalue weighted by Gasteiger charge is -2.16. The van der Waals surface area contributed by atoms with Gasteiger partial charge in [0.1, 0.15) is 11.5 Å². The Balaban J connectivity index is 1.78. The molecule has 0 aliphatic carbocycles. The van der Waals surface area contributed by atoms with E-state index >= 15 is 0 Å². The zero-order valence-corrected chi connectivity index (χ0v) is 18.7. The summed E-state index contributed by atoms with van der Waals surface area (Å²) in [5.41, 5.74) is 0.700. The molecule has 28 heavy (non-hydrogen) atoms. The average Bonchev–Trinajstić information content (AvgIpc) is 2.68. The van der Waals surface area contributed by atoms with Crippen molar-refractivity contribution in [3.63, 3.8) is 0 Å². The summed E-state index contributed by atoms with van der Waals surface area (Å²) in [7, 11) is 0. The summed E-state index contributed by atoms with van der Waals surface area (Å²) in [6.45, 7) is 4.63. The summed E-state index contributed by atoms with van der Waals surface area (Å²) in [6.07, 6.45) is 5.39. The molecule has 1 amide bonds. The van der Waals surface area contributed by atoms with E-state index in [9.17, 15) is 4.79 Å². The summed E-state index contributed by atoms with van der Waals surface area (Å²) in [5.74, 6) is 1.14. The van der Waals surface area contributed by atoms with Crippen LogP contribution in [0.25, 0.3) is 0 Å². The van der Waals surface area contributed by atoms with Gasteiger partial charge in [-0.1, -0.05) is 44.2 Å². The molecule has 0 saturated carbocycles. The minimum Gasteiger partial charge on any atom is -0.494 e. The van der Waals surface area contributed by atoms with Crippen LogP contribution in [-0.4, -0.2) is 18.6 Å². The van der Waals surface area contributed by atoms with Crippen molar-refractivity contribution >= 4 is 39.1 Å². The zero-order valence-electron chi connectivity index (χ0n) is 16.3. The first-order valence-corrected chi connectivity index (χ1v) is 10.8. The molecule has 1 unspecified atom stereocenters. The van der Waals surface area contributed by atoms with Crippen molar-refractivity contribution in [2.24, 2.45) is 0 Å². The molecule has 0 radical (unpaired) electrons. The van der Waals surface area contributed by atoms with Gasteiger partial charge in [-0.15, -0.1) is 0 Å². The molecular weight excluding hydrogens is 442 g/mol. The maximum atomic E-state index is 12.4. The van der Waals surface area contributed by atoms with Crippen molar-refractivity contribution in [3.05, 3.63) is 52.0 Å². The zero-order chi connectivity index (χ0) is 20.4. The van der Waals surface area contributed by atoms with Crippen LogP contribution in [0.15, 0.2) is 46.9 Å². The third-order valence-electron chi connectivity index (χ3n) is 4.21. The Morgan fingerprint density at radius 1 is 1.11 bits per heavy atom. The molecule has 0 spiro atoms. The highest BCUT2D eigenvalue weighted by Crippen LogP contribution is 2.29. The van der Waals surface area contributed by atoms with Gasteiger partial charge in [0.25, 0.3) is 5.91 Å². The fraction of sp³-hybridized carbons (Fsp3) is 0.409. The summed E-state index contributed by atoms with van der Waals surface area (Å²) in [4.78, 5) is 12.4. The van der Waals surface area contributed by atoms with E-state index in [4.69, 9.17) is 21.1 Å². The van der Waals surface area contributed by atoms with Gasteiger partial charge in [0.05, 0.1) is 11.1 Å². The standard InChI is InChI=1S/C22H27BrClNO3/c1-3-4-5-6-7-14-27-19-11-9-18(10-12-19)25-22(26)16(2)28-21-13-8-17(24)15-20(21)23/h8-13,15-16H,3-7,14H2,1-2H3,(H,25,26). The molecule has 6 heteroatoms. The molecule has 2 aromatic rings. The van der Waals surface area contributed by atoms with E-state index in [1.165, 1.54) is 25.7 Å². The molecule has 0 aromatic heterocycles. The van der Waals surface area contributed by atoms with Gasteiger partial charge in [-0.2, -0.15) is 0 Å². The number of anilines is 1. The third-order valence-corrected chi connectivity index (χ3v) is 5.06. The van der Waals surface area contributed by atoms with Crippen molar-refractivity contribution in [1.82, 2.24) is 0 Å². The molecule has 0 bridgehead atoms. The maximum absolute atomic E-state index is 12.4. The van der Waals surface area contributed by atoms with Crippen molar-refractivity contribution in [1.29, 1.82) is 0 Å². The predicted molar refractivity (Wildman–Crippen MR) is 119 cm³/mol. The second kappa shape index (κ2) is 12.0. The molecule has 0 saturated heterocycles. The highest BCUT2D eigenvalue weighted by molar-refractivity contribution is 9.10. The first kappa shape index (κ1) is 22.6. The summed E-state index contributed by atoms with van der Waals surface area (Å²) >= 11 is 9.30. The SMILES string of the molecule is CCCCCCCOc1ccc(NC(=O)C(C)Oc2ccc(Cl)cc2Br)cc1. The molecule has 2 aromatic carbocycles. The Bertz CT molecular complexity index is 752. The van der Waals surface area contributed by atoms with E-state index in [0.29, 0.717) is 20.9 Å². The largest absolute Gasteiger partial charge is 0.494 e. The quantitative estimate of drug-likeness (QED) is 0.366. The van der Waals surface area contributed by atoms with Crippen LogP contribution in [0.3, 0.4) is 0 Å². The monoisotopic (exact) mass is 467 g/mol. The number of carbonyl (C=O) groups is 1. The van der Waals surface area contributed by atoms with E-state index < -0.39 is 6.10 Å². The molecule has 0 fully saturated rings. The maximum Gasteiger partial charge on any atom is 0.265 e. The lowest BCUT2D eigenvalue weighted by molar-refractivity contribution is -0.122. The van der Waals surface area contributed by atoms with Crippen molar-refractivity contribution in [3.8, 4) is 11.5 Å². The number of unbranched alkanes of at least 4 members (excludes halogenated alkanes) is 4. The van der Waals surface area contributed by atoms with E-state index in [0.717, 1.165) is 18.8 Å². The number of hydrogen-bond acceptors (Lipinski definition) is 3. The molecule has 0 aliphatic heterocycles. The fourth-order valence-electron chi connectivity index (χ4n) is 2.59. The van der Waals surface area contributed by atoms with E-state index in [1.807, 2.05) is 24.3 Å². The smallest absolute Gasteiger partial charge is 0.265 e. The lowest BCUT2D eigenvalue weighted by Crippen LogP contribution is -2.30. The number of amides is 1. The normalized spacial score (nSPS) is 11.7. The van der Waals surface area contributed by atoms with Crippen LogP contribution in [0.5, 0.6) is 11.5 Å². The first-order valence-electron chi connectivity index (χ1n) is 9.65. The Morgan fingerprint density at radius 3 is 2.50 bits per heavy atom. The molecule has 0 heterocycles. The number of halogens is 2. The Hall–Kier alpha value is -1.72. The van der Waals surface area contributed by atoms with Gasteiger partial charge in [-0.05, 0) is 71.7 Å². The number of benzene rings is 2. The fourth-order valence-corrected chi connectivity index (χ4v) is 3.36. The average molecular weight is 469 g/mol. The Kier molecular flexibility index (Phi) is 9.65. The topological polar surface area (TPSA) is 47.6 Å². The number of rotatable bonds is 11. The lowest BCUT2D eigenvalue weighted by atomic mass is 10.2. The number of carbonyl (C=O) groups excluding carboxylic acids is 1. The van der Waals surface area contributed by atoms with Crippen molar-refractivity contribution in [2.45, 2.75) is 52.1 Å². The second-order valence-corrected chi connectivity index (χ2v) is 7.90. The number of nitrogens with one attached hydrogen (secondary N) is 1. The second-order valence-electron chi connectivity index (χ2n) is 6.61. The highest BCUT2D eigenvalue weighted by atomic mass is 79.9. The van der Waals surface area contributed by atoms with Crippen LogP contribution in [0, 0.1) is 0 Å². The van der Waals surface area contributed by atoms with E-state index in [1.54, 1.807) is 25.1 Å². The predicted octanol–water partition coefficient (Wildman–Crippen LogP) is 6.86. The van der Waals surface area contributed by atoms with Gasteiger partial charge in [0.2, 0.25) is 0 Å². The number of hydrogen-bond donors (Lipinski definition) is 1. The van der Waals surface area contributed by atoms with E-state index in [-0.39, 0.29) is 5.91 Å². The molecule has 0 aliphatic rings. The molecule has 1 N–H and O–H groups in total. The minimum absolute atomic E-state index is 0.230. The minimum atomic E-state index is -0.656. The van der Waals surface area contributed by atoms with Gasteiger partial charge < -0.3 is 14.8 Å². The van der Waals surface area contributed by atoms with Crippen LogP contribution in [0.4, 0.5) is 5.69 Å². The third kappa shape index (κ3) is 7.72. The van der Waals surface area contributed by atoms with Crippen LogP contribution < -0.4 is 14.8 Å². The summed E-state index contributed by atoms with van der Waals surface area (Å²) in [6, 6.07) is 12.6. The molecule has 152 valence electrons. The van der Waals surface area contributed by atoms with Crippen LogP contribution in [-0.2, 0) is 4.79 Å².